The van der Waals surface area contributed by atoms with Crippen LogP contribution in [-0.2, 0) is 13.0 Å². The molecule has 5 nitrogen and oxygen atoms in total. The van der Waals surface area contributed by atoms with E-state index < -0.39 is 0 Å². The van der Waals surface area contributed by atoms with Crippen molar-refractivity contribution < 1.29 is 0 Å². The average molecular weight is 229 g/mol. The molecule has 0 radical (unpaired) electrons. The van der Waals surface area contributed by atoms with Crippen molar-refractivity contribution >= 4 is 0 Å². The lowest BCUT2D eigenvalue weighted by atomic mass is 9.77. The SMILES string of the molecule is CC(N)c1nnnn1CC1Cc2ccccc21. The first-order chi connectivity index (χ1) is 8.25. The van der Waals surface area contributed by atoms with Gasteiger partial charge in [0.1, 0.15) is 0 Å². The molecule has 2 N–H and O–H groups in total. The zero-order valence-electron chi connectivity index (χ0n) is 9.74. The molecule has 0 spiro atoms. The van der Waals surface area contributed by atoms with Crippen molar-refractivity contribution in [2.75, 3.05) is 0 Å². The first kappa shape index (κ1) is 10.4. The van der Waals surface area contributed by atoms with Crippen LogP contribution < -0.4 is 5.73 Å². The van der Waals surface area contributed by atoms with Crippen LogP contribution in [0.25, 0.3) is 0 Å². The fourth-order valence-electron chi connectivity index (χ4n) is 2.40. The smallest absolute Gasteiger partial charge is 0.167 e. The van der Waals surface area contributed by atoms with Gasteiger partial charge in [-0.25, -0.2) is 4.68 Å². The summed E-state index contributed by atoms with van der Waals surface area (Å²) in [7, 11) is 0. The minimum absolute atomic E-state index is 0.125. The molecule has 0 saturated heterocycles. The van der Waals surface area contributed by atoms with Crippen molar-refractivity contribution in [3.8, 4) is 0 Å². The lowest BCUT2D eigenvalue weighted by Crippen LogP contribution is -2.25. The molecule has 2 atom stereocenters. The lowest BCUT2D eigenvalue weighted by molar-refractivity contribution is 0.445. The fourth-order valence-corrected chi connectivity index (χ4v) is 2.40. The minimum atomic E-state index is -0.125. The molecular formula is C12H15N5. The van der Waals surface area contributed by atoms with Gasteiger partial charge in [-0.2, -0.15) is 0 Å². The zero-order chi connectivity index (χ0) is 11.8. The molecule has 1 aromatic carbocycles. The van der Waals surface area contributed by atoms with Gasteiger partial charge in [0.2, 0.25) is 0 Å². The number of aromatic nitrogens is 4. The highest BCUT2D eigenvalue weighted by Gasteiger charge is 2.27. The van der Waals surface area contributed by atoms with Crippen LogP contribution in [0.3, 0.4) is 0 Å². The first-order valence-corrected chi connectivity index (χ1v) is 5.85. The highest BCUT2D eigenvalue weighted by Crippen LogP contribution is 2.35. The number of benzene rings is 1. The maximum Gasteiger partial charge on any atom is 0.167 e. The van der Waals surface area contributed by atoms with Gasteiger partial charge in [-0.15, -0.1) is 5.10 Å². The van der Waals surface area contributed by atoms with Gasteiger partial charge in [-0.05, 0) is 34.9 Å². The Bertz CT molecular complexity index is 531. The number of rotatable bonds is 3. The monoisotopic (exact) mass is 229 g/mol. The van der Waals surface area contributed by atoms with E-state index in [1.165, 1.54) is 11.1 Å². The third-order valence-electron chi connectivity index (χ3n) is 3.32. The summed E-state index contributed by atoms with van der Waals surface area (Å²) in [6, 6.07) is 8.40. The van der Waals surface area contributed by atoms with Crippen molar-refractivity contribution in [2.24, 2.45) is 5.73 Å². The Morgan fingerprint density at radius 1 is 1.47 bits per heavy atom. The van der Waals surface area contributed by atoms with Gasteiger partial charge in [0, 0.05) is 5.92 Å². The number of hydrogen-bond acceptors (Lipinski definition) is 4. The molecule has 2 unspecified atom stereocenters. The number of hydrogen-bond donors (Lipinski definition) is 1. The van der Waals surface area contributed by atoms with Gasteiger partial charge in [0.15, 0.2) is 5.82 Å². The fraction of sp³-hybridized carbons (Fsp3) is 0.417. The van der Waals surface area contributed by atoms with E-state index in [9.17, 15) is 0 Å². The summed E-state index contributed by atoms with van der Waals surface area (Å²) in [6.07, 6.45) is 1.11. The standard InChI is InChI=1S/C12H15N5/c1-8(13)12-14-15-16-17(12)7-10-6-9-4-2-3-5-11(9)10/h2-5,8,10H,6-7,13H2,1H3. The van der Waals surface area contributed by atoms with Gasteiger partial charge in [0.25, 0.3) is 0 Å². The first-order valence-electron chi connectivity index (χ1n) is 5.85. The second-order valence-corrected chi connectivity index (χ2v) is 4.61. The highest BCUT2D eigenvalue weighted by atomic mass is 15.5. The van der Waals surface area contributed by atoms with Crippen LogP contribution in [-0.4, -0.2) is 20.2 Å². The summed E-state index contributed by atoms with van der Waals surface area (Å²) in [6.45, 7) is 2.72. The summed E-state index contributed by atoms with van der Waals surface area (Å²) < 4.78 is 1.82. The predicted octanol–water partition coefficient (Wildman–Crippen LogP) is 1.03. The molecule has 2 aromatic rings. The van der Waals surface area contributed by atoms with Gasteiger partial charge >= 0.3 is 0 Å². The van der Waals surface area contributed by atoms with Crippen molar-refractivity contribution in [1.29, 1.82) is 0 Å². The van der Waals surface area contributed by atoms with Gasteiger partial charge in [-0.1, -0.05) is 24.3 Å². The van der Waals surface area contributed by atoms with Gasteiger partial charge in [0.05, 0.1) is 12.6 Å². The van der Waals surface area contributed by atoms with Crippen LogP contribution in [0.15, 0.2) is 24.3 Å². The molecule has 1 aliphatic rings. The minimum Gasteiger partial charge on any atom is -0.322 e. The molecule has 1 heterocycles. The predicted molar refractivity (Wildman–Crippen MR) is 63.3 cm³/mol. The Labute approximate surface area is 99.6 Å². The van der Waals surface area contributed by atoms with E-state index in [4.69, 9.17) is 5.73 Å². The van der Waals surface area contributed by atoms with E-state index in [1.54, 1.807) is 0 Å². The molecule has 17 heavy (non-hydrogen) atoms. The van der Waals surface area contributed by atoms with E-state index in [0.717, 1.165) is 18.8 Å². The van der Waals surface area contributed by atoms with Crippen LogP contribution in [0, 0.1) is 0 Å². The normalized spacial score (nSPS) is 19.5. The van der Waals surface area contributed by atoms with Crippen LogP contribution >= 0.6 is 0 Å². The van der Waals surface area contributed by atoms with Crippen LogP contribution in [0.1, 0.15) is 35.8 Å². The highest BCUT2D eigenvalue weighted by molar-refractivity contribution is 5.39. The van der Waals surface area contributed by atoms with E-state index >= 15 is 0 Å². The molecule has 0 fully saturated rings. The van der Waals surface area contributed by atoms with Crippen molar-refractivity contribution in [1.82, 2.24) is 20.2 Å². The van der Waals surface area contributed by atoms with E-state index in [1.807, 2.05) is 11.6 Å². The molecule has 0 saturated carbocycles. The lowest BCUT2D eigenvalue weighted by Gasteiger charge is -2.30. The number of nitrogens with zero attached hydrogens (tertiary/aromatic N) is 4. The van der Waals surface area contributed by atoms with E-state index in [0.29, 0.717) is 5.92 Å². The molecular weight excluding hydrogens is 214 g/mol. The van der Waals surface area contributed by atoms with Crippen LogP contribution in [0.2, 0.25) is 0 Å². The Hall–Kier alpha value is -1.75. The third-order valence-corrected chi connectivity index (χ3v) is 3.32. The van der Waals surface area contributed by atoms with Gasteiger partial charge in [-0.3, -0.25) is 0 Å². The molecule has 3 rings (SSSR count). The van der Waals surface area contributed by atoms with Crippen LogP contribution in [0.5, 0.6) is 0 Å². The molecule has 1 aromatic heterocycles. The molecule has 1 aliphatic carbocycles. The third kappa shape index (κ3) is 1.72. The number of tetrazole rings is 1. The Kier molecular flexibility index (Phi) is 2.40. The zero-order valence-corrected chi connectivity index (χ0v) is 9.74. The number of nitrogens with two attached hydrogens (primary N) is 1. The maximum atomic E-state index is 5.83. The summed E-state index contributed by atoms with van der Waals surface area (Å²) in [5.74, 6) is 1.28. The molecule has 0 amide bonds. The van der Waals surface area contributed by atoms with E-state index in [2.05, 4.69) is 39.8 Å². The Balaban J connectivity index is 1.80. The molecule has 0 bridgehead atoms. The average Bonchev–Trinajstić information content (AvgIpc) is 2.74. The summed E-state index contributed by atoms with van der Waals surface area (Å²) >= 11 is 0. The molecule has 5 heteroatoms. The van der Waals surface area contributed by atoms with Crippen LogP contribution in [0.4, 0.5) is 0 Å². The molecule has 88 valence electrons. The van der Waals surface area contributed by atoms with Gasteiger partial charge < -0.3 is 5.73 Å². The van der Waals surface area contributed by atoms with E-state index in [-0.39, 0.29) is 6.04 Å². The van der Waals surface area contributed by atoms with Crippen molar-refractivity contribution in [3.63, 3.8) is 0 Å². The summed E-state index contributed by atoms with van der Waals surface area (Å²) in [5.41, 5.74) is 8.68. The van der Waals surface area contributed by atoms with Crippen molar-refractivity contribution in [3.05, 3.63) is 41.2 Å². The summed E-state index contributed by atoms with van der Waals surface area (Å²) in [4.78, 5) is 0. The largest absolute Gasteiger partial charge is 0.322 e. The number of fused-ring (bicyclic) bond motifs is 1. The maximum absolute atomic E-state index is 5.83. The second-order valence-electron chi connectivity index (χ2n) is 4.61. The Morgan fingerprint density at radius 2 is 2.29 bits per heavy atom. The Morgan fingerprint density at radius 3 is 3.06 bits per heavy atom. The molecule has 0 aliphatic heterocycles. The van der Waals surface area contributed by atoms with Crippen molar-refractivity contribution in [2.45, 2.75) is 31.8 Å². The summed E-state index contributed by atoms with van der Waals surface area (Å²) in [5, 5.41) is 11.7. The topological polar surface area (TPSA) is 69.6 Å². The second kappa shape index (κ2) is 3.92. The quantitative estimate of drug-likeness (QED) is 0.853.